The van der Waals surface area contributed by atoms with Crippen LogP contribution >= 0.6 is 0 Å². The van der Waals surface area contributed by atoms with Crippen molar-refractivity contribution in [1.29, 1.82) is 0 Å². The van der Waals surface area contributed by atoms with Crippen LogP contribution in [-0.2, 0) is 9.84 Å². The largest absolute Gasteiger partial charge is 0.314 e. The molecule has 1 N–H and O–H groups in total. The molecule has 0 aromatic heterocycles. The molecule has 0 amide bonds. The molecule has 1 saturated carbocycles. The fourth-order valence-corrected chi connectivity index (χ4v) is 3.93. The molecule has 1 rings (SSSR count). The zero-order chi connectivity index (χ0) is 14.1. The predicted molar refractivity (Wildman–Crippen MR) is 82.2 cm³/mol. The van der Waals surface area contributed by atoms with Crippen LogP contribution in [0.1, 0.15) is 65.2 Å². The Labute approximate surface area is 119 Å². The monoisotopic (exact) mass is 289 g/mol. The van der Waals surface area contributed by atoms with E-state index in [0.29, 0.717) is 17.7 Å². The van der Waals surface area contributed by atoms with Gasteiger partial charge in [0.05, 0.1) is 5.75 Å². The van der Waals surface area contributed by atoms with Crippen LogP contribution in [0.25, 0.3) is 0 Å². The first kappa shape index (κ1) is 17.0. The van der Waals surface area contributed by atoms with Gasteiger partial charge in [-0.25, -0.2) is 8.42 Å². The molecule has 0 aromatic rings. The highest BCUT2D eigenvalue weighted by atomic mass is 32.2. The maximum absolute atomic E-state index is 11.5. The van der Waals surface area contributed by atoms with Gasteiger partial charge in [-0.05, 0) is 44.6 Å². The Hall–Kier alpha value is -0.0900. The van der Waals surface area contributed by atoms with Gasteiger partial charge in [-0.1, -0.05) is 33.1 Å². The van der Waals surface area contributed by atoms with Crippen molar-refractivity contribution in [2.24, 2.45) is 5.92 Å². The molecule has 19 heavy (non-hydrogen) atoms. The Kier molecular flexibility index (Phi) is 8.00. The molecule has 0 spiro atoms. The topological polar surface area (TPSA) is 46.2 Å². The highest BCUT2D eigenvalue weighted by molar-refractivity contribution is 7.91. The van der Waals surface area contributed by atoms with Crippen LogP contribution < -0.4 is 5.32 Å². The van der Waals surface area contributed by atoms with Gasteiger partial charge < -0.3 is 5.32 Å². The third-order valence-electron chi connectivity index (χ3n) is 4.29. The zero-order valence-electron chi connectivity index (χ0n) is 12.7. The zero-order valence-corrected chi connectivity index (χ0v) is 13.5. The summed E-state index contributed by atoms with van der Waals surface area (Å²) in [5.41, 5.74) is 0. The van der Waals surface area contributed by atoms with Crippen molar-refractivity contribution in [3.05, 3.63) is 0 Å². The molecule has 1 aliphatic rings. The van der Waals surface area contributed by atoms with Crippen LogP contribution in [0.5, 0.6) is 0 Å². The van der Waals surface area contributed by atoms with Gasteiger partial charge in [0.2, 0.25) is 0 Å². The smallest absolute Gasteiger partial charge is 0.150 e. The van der Waals surface area contributed by atoms with Crippen molar-refractivity contribution in [1.82, 2.24) is 5.32 Å². The van der Waals surface area contributed by atoms with Crippen LogP contribution in [0.15, 0.2) is 0 Å². The molecule has 1 aliphatic carbocycles. The van der Waals surface area contributed by atoms with Crippen molar-refractivity contribution in [3.63, 3.8) is 0 Å². The Morgan fingerprint density at radius 1 is 1.11 bits per heavy atom. The fourth-order valence-electron chi connectivity index (χ4n) is 3.04. The third kappa shape index (κ3) is 6.75. The van der Waals surface area contributed by atoms with Crippen LogP contribution in [0.3, 0.4) is 0 Å². The Bertz CT molecular complexity index is 327. The molecule has 0 saturated heterocycles. The van der Waals surface area contributed by atoms with E-state index in [1.165, 1.54) is 38.5 Å². The fraction of sp³-hybridized carbons (Fsp3) is 1.00. The molecular weight excluding hydrogens is 258 g/mol. The molecule has 0 aromatic carbocycles. The van der Waals surface area contributed by atoms with Gasteiger partial charge in [-0.15, -0.1) is 0 Å². The minimum Gasteiger partial charge on any atom is -0.314 e. The molecule has 0 radical (unpaired) electrons. The lowest BCUT2D eigenvalue weighted by molar-refractivity contribution is 0.315. The second-order valence-corrected chi connectivity index (χ2v) is 8.31. The first-order valence-corrected chi connectivity index (χ1v) is 9.85. The lowest BCUT2D eigenvalue weighted by Gasteiger charge is -2.26. The Balaban J connectivity index is 2.41. The van der Waals surface area contributed by atoms with E-state index in [1.54, 1.807) is 6.92 Å². The van der Waals surface area contributed by atoms with Crippen molar-refractivity contribution in [3.8, 4) is 0 Å². The van der Waals surface area contributed by atoms with Gasteiger partial charge in [-0.3, -0.25) is 0 Å². The lowest BCUT2D eigenvalue weighted by Crippen LogP contribution is -2.36. The highest BCUT2D eigenvalue weighted by Crippen LogP contribution is 2.27. The summed E-state index contributed by atoms with van der Waals surface area (Å²) < 4.78 is 23.1. The van der Waals surface area contributed by atoms with Gasteiger partial charge in [-0.2, -0.15) is 0 Å². The summed E-state index contributed by atoms with van der Waals surface area (Å²) in [5.74, 6) is 1.34. The van der Waals surface area contributed by atoms with Crippen molar-refractivity contribution >= 4 is 9.84 Å². The lowest BCUT2D eigenvalue weighted by atomic mass is 9.90. The van der Waals surface area contributed by atoms with Crippen LogP contribution in [0, 0.1) is 5.92 Å². The van der Waals surface area contributed by atoms with E-state index in [9.17, 15) is 8.42 Å². The summed E-state index contributed by atoms with van der Waals surface area (Å²) in [7, 11) is -2.78. The molecule has 2 unspecified atom stereocenters. The van der Waals surface area contributed by atoms with Crippen molar-refractivity contribution < 1.29 is 8.42 Å². The first-order chi connectivity index (χ1) is 9.09. The molecule has 2 atom stereocenters. The molecule has 3 nitrogen and oxygen atoms in total. The number of hydrogen-bond donors (Lipinski definition) is 1. The minimum atomic E-state index is -2.78. The minimum absolute atomic E-state index is 0.287. The molecule has 1 fully saturated rings. The molecule has 0 heterocycles. The van der Waals surface area contributed by atoms with Crippen molar-refractivity contribution in [2.75, 3.05) is 18.1 Å². The summed E-state index contributed by atoms with van der Waals surface area (Å²) in [6.07, 6.45) is 9.60. The van der Waals surface area contributed by atoms with Gasteiger partial charge >= 0.3 is 0 Å². The van der Waals surface area contributed by atoms with E-state index in [4.69, 9.17) is 0 Å². The molecule has 0 bridgehead atoms. The molecule has 0 aliphatic heterocycles. The van der Waals surface area contributed by atoms with Crippen LogP contribution in [0.2, 0.25) is 0 Å². The standard InChI is InChI=1S/C15H31NO2S/c1-3-12-16-15-11-7-5-6-9-14(15)10-8-13-19(17,18)4-2/h14-16H,3-13H2,1-2H3. The van der Waals surface area contributed by atoms with Crippen LogP contribution in [0.4, 0.5) is 0 Å². The SMILES string of the molecule is CCCNC1CCCCCC1CCCS(=O)(=O)CC. The van der Waals surface area contributed by atoms with E-state index in [0.717, 1.165) is 19.4 Å². The maximum atomic E-state index is 11.5. The van der Waals surface area contributed by atoms with E-state index >= 15 is 0 Å². The van der Waals surface area contributed by atoms with Gasteiger partial charge in [0.15, 0.2) is 0 Å². The van der Waals surface area contributed by atoms with E-state index in [-0.39, 0.29) is 5.75 Å². The van der Waals surface area contributed by atoms with Gasteiger partial charge in [0.25, 0.3) is 0 Å². The summed E-state index contributed by atoms with van der Waals surface area (Å²) in [6.45, 7) is 5.04. The Morgan fingerprint density at radius 2 is 1.84 bits per heavy atom. The average molecular weight is 289 g/mol. The quantitative estimate of drug-likeness (QED) is 0.698. The predicted octanol–water partition coefficient (Wildman–Crippen LogP) is 3.15. The van der Waals surface area contributed by atoms with E-state index < -0.39 is 9.84 Å². The van der Waals surface area contributed by atoms with Gasteiger partial charge in [0, 0.05) is 11.8 Å². The second-order valence-electron chi connectivity index (χ2n) is 5.84. The van der Waals surface area contributed by atoms with E-state index in [1.807, 2.05) is 0 Å². The van der Waals surface area contributed by atoms with Crippen molar-refractivity contribution in [2.45, 2.75) is 71.3 Å². The third-order valence-corrected chi connectivity index (χ3v) is 6.08. The van der Waals surface area contributed by atoms with Gasteiger partial charge in [0.1, 0.15) is 9.84 Å². The summed E-state index contributed by atoms with van der Waals surface area (Å²) >= 11 is 0. The summed E-state index contributed by atoms with van der Waals surface area (Å²) in [4.78, 5) is 0. The number of nitrogens with one attached hydrogen (secondary N) is 1. The highest BCUT2D eigenvalue weighted by Gasteiger charge is 2.23. The molecule has 4 heteroatoms. The summed E-state index contributed by atoms with van der Waals surface area (Å²) in [6, 6.07) is 0.617. The molecule has 114 valence electrons. The second kappa shape index (κ2) is 8.96. The number of sulfone groups is 1. The first-order valence-electron chi connectivity index (χ1n) is 8.03. The number of hydrogen-bond acceptors (Lipinski definition) is 3. The molecular formula is C15H31NO2S. The van der Waals surface area contributed by atoms with E-state index in [2.05, 4.69) is 12.2 Å². The van der Waals surface area contributed by atoms with Crippen LogP contribution in [-0.4, -0.2) is 32.5 Å². The Morgan fingerprint density at radius 3 is 2.53 bits per heavy atom. The maximum Gasteiger partial charge on any atom is 0.150 e. The summed E-state index contributed by atoms with van der Waals surface area (Å²) in [5, 5.41) is 3.67. The normalized spacial score (nSPS) is 25.2. The average Bonchev–Trinajstić information content (AvgIpc) is 2.61. The number of rotatable bonds is 8.